The fourth-order valence-corrected chi connectivity index (χ4v) is 19.5. The van der Waals surface area contributed by atoms with Crippen LogP contribution in [-0.2, 0) is 40.8 Å². The number of nitrogens with zero attached hydrogens (tertiary/aromatic N) is 4. The standard InChI is InChI=1S/C66H50P4.4C2H3N.24FH.2Pd.4Sb/c1-9-29-51(30-10-1)67(52-31-11-2-12-32-52)63-47-27-25-45-59(63)61-49-62(60-46-26-28-48-64(60)68(53-33-13-3-14-34-53)54-35-15-4-16-36-54)66(70(57-41-21-7-22-42-57)58-43-23-8-24-44-58)50-65(61)69(55-37-17-5-18-38-55)56-39-19-6-20-40-56;4*1-2-3;;;;;;;;;;;;;;;;;;;;;;;;;;;;;;/h1-50H;4*1H3;24*1H;;;;;;/q;;;;;;;;;;;;;;;;;;;;;;;;;;;;;2*+2;4*+5/p-24. The molecule has 11 rings (SSSR count). The van der Waals surface area contributed by atoms with Crippen molar-refractivity contribution in [2.75, 3.05) is 0 Å². The second-order valence-electron chi connectivity index (χ2n) is 21.7. The number of halogens is 24. The van der Waals surface area contributed by atoms with Crippen LogP contribution in [0.1, 0.15) is 27.7 Å². The van der Waals surface area contributed by atoms with E-state index in [1.165, 1.54) is 114 Å². The molecule has 0 aliphatic heterocycles. The predicted molar refractivity (Wildman–Crippen MR) is 407 cm³/mol. The predicted octanol–water partition coefficient (Wildman–Crippen LogP) is 22.7. The fraction of sp³-hybridized carbons (Fsp3) is 0.0541. The van der Waals surface area contributed by atoms with Crippen molar-refractivity contribution in [3.05, 3.63) is 303 Å². The molecular weight excluding hydrogens is 2220 g/mol. The van der Waals surface area contributed by atoms with Gasteiger partial charge in [0, 0.05) is 27.7 Å². The van der Waals surface area contributed by atoms with Gasteiger partial charge in [-0.2, -0.15) is 21.0 Å². The topological polar surface area (TPSA) is 95.2 Å². The number of nitriles is 4. The van der Waals surface area contributed by atoms with Gasteiger partial charge < -0.3 is 0 Å². The maximum Gasteiger partial charge on any atom is 2.00 e. The number of rotatable bonds is 14. The first-order valence-corrected chi connectivity index (χ1v) is 59.3. The van der Waals surface area contributed by atoms with E-state index in [1.54, 1.807) is 24.3 Å². The molecule has 0 aliphatic rings. The van der Waals surface area contributed by atoms with Gasteiger partial charge in [-0.3, -0.25) is 0 Å². The van der Waals surface area contributed by atoms with Gasteiger partial charge in [0.1, 0.15) is 0 Å². The third-order valence-electron chi connectivity index (χ3n) is 12.6. The average Bonchev–Trinajstić information content (AvgIpc) is 0.732. The molecule has 0 aliphatic carbocycles. The van der Waals surface area contributed by atoms with Crippen molar-refractivity contribution in [2.45, 2.75) is 27.7 Å². The Hall–Kier alpha value is -5.98. The molecule has 4 nitrogen and oxygen atoms in total. The Bertz CT molecular complexity index is 4330. The van der Waals surface area contributed by atoms with Gasteiger partial charge in [0.2, 0.25) is 0 Å². The van der Waals surface area contributed by atoms with Crippen molar-refractivity contribution in [3.8, 4) is 46.5 Å². The van der Waals surface area contributed by atoms with E-state index in [-0.39, 0.29) is 40.8 Å². The second-order valence-corrected chi connectivity index (χ2v) is 52.3. The normalized spacial score (nSPS) is 13.2. The maximum atomic E-state index is 9.93. The minimum absolute atomic E-state index is 0. The van der Waals surface area contributed by atoms with Crippen molar-refractivity contribution in [3.63, 3.8) is 0 Å². The summed E-state index contributed by atoms with van der Waals surface area (Å²) in [5.74, 6) is 0. The molecule has 0 atom stereocenters. The smallest absolute Gasteiger partial charge is 0.0622 e. The molecule has 0 heterocycles. The van der Waals surface area contributed by atoms with Crippen LogP contribution in [0.15, 0.2) is 303 Å². The summed E-state index contributed by atoms with van der Waals surface area (Å²) in [6.07, 6.45) is 0. The minimum Gasteiger partial charge on any atom is -0.0622 e. The summed E-state index contributed by atoms with van der Waals surface area (Å²) in [6, 6.07) is 121. The molecule has 0 amide bonds. The molecule has 0 saturated carbocycles. The summed E-state index contributed by atoms with van der Waals surface area (Å²) in [7, 11) is -4.02. The summed E-state index contributed by atoms with van der Waals surface area (Å²) in [4.78, 5) is 0. The van der Waals surface area contributed by atoms with Crippen LogP contribution >= 0.6 is 31.7 Å². The molecule has 0 saturated heterocycles. The molecule has 606 valence electrons. The van der Waals surface area contributed by atoms with Crippen LogP contribution in [0.25, 0.3) is 22.3 Å². The number of hydrogen-bond acceptors (Lipinski definition) is 4. The van der Waals surface area contributed by atoms with Gasteiger partial charge in [-0.15, -0.1) is 0 Å². The van der Waals surface area contributed by atoms with Crippen LogP contribution < -0.4 is 63.7 Å². The zero-order chi connectivity index (χ0) is 83.4. The molecule has 0 unspecified atom stereocenters. The van der Waals surface area contributed by atoms with E-state index in [0.29, 0.717) is 0 Å². The molecule has 11 aromatic rings. The van der Waals surface area contributed by atoms with Gasteiger partial charge in [0.05, 0.1) is 24.3 Å². The van der Waals surface area contributed by atoms with E-state index >= 15 is 0 Å². The van der Waals surface area contributed by atoms with Gasteiger partial charge in [-0.1, -0.05) is 291 Å². The van der Waals surface area contributed by atoms with E-state index in [9.17, 15) is 67.5 Å². The van der Waals surface area contributed by atoms with Crippen molar-refractivity contribution in [1.29, 1.82) is 21.0 Å². The van der Waals surface area contributed by atoms with Crippen molar-refractivity contribution in [2.24, 2.45) is 0 Å². The monoisotopic (exact) mass is 2280 g/mol. The fourth-order valence-electron chi connectivity index (χ4n) is 9.50. The molecule has 0 radical (unpaired) electrons. The maximum absolute atomic E-state index is 11.2. The quantitative estimate of drug-likeness (QED) is 0.0616. The van der Waals surface area contributed by atoms with E-state index in [4.69, 9.17) is 21.0 Å². The van der Waals surface area contributed by atoms with Crippen LogP contribution in [0.5, 0.6) is 0 Å². The Morgan fingerprint density at radius 3 is 0.446 bits per heavy atom. The molecule has 0 fully saturated rings. The number of hydrogen-bond donors (Lipinski definition) is 0. The van der Waals surface area contributed by atoms with Gasteiger partial charge in [-0.05, 0) is 130 Å². The molecule has 0 bridgehead atoms. The van der Waals surface area contributed by atoms with Gasteiger partial charge >= 0.3 is 186 Å². The molecule has 0 aromatic heterocycles. The average molecular weight is 2290 g/mol. The van der Waals surface area contributed by atoms with Crippen LogP contribution in [0, 0.1) is 45.3 Å². The van der Waals surface area contributed by atoms with E-state index in [0.717, 1.165) is 0 Å². The second kappa shape index (κ2) is 40.2. The van der Waals surface area contributed by atoms with Crippen molar-refractivity contribution >= 4 is 173 Å². The van der Waals surface area contributed by atoms with Crippen LogP contribution in [-0.4, -0.2) is 77.9 Å². The summed E-state index contributed by atoms with van der Waals surface area (Å²) < 4.78 is 238. The summed E-state index contributed by atoms with van der Waals surface area (Å²) in [5, 5.41) is 45.4. The molecule has 11 aromatic carbocycles. The molecule has 38 heteroatoms. The van der Waals surface area contributed by atoms with E-state index < -0.39 is 110 Å². The molecule has 112 heavy (non-hydrogen) atoms. The summed E-state index contributed by atoms with van der Waals surface area (Å²) >= 11 is -45.0. The third-order valence-corrected chi connectivity index (χ3v) is 22.5. The Morgan fingerprint density at radius 2 is 0.304 bits per heavy atom. The van der Waals surface area contributed by atoms with Crippen LogP contribution in [0.2, 0.25) is 0 Å². The molecular formula is C74H62F24N4P4Pd2Sb4. The number of benzene rings is 11. The van der Waals surface area contributed by atoms with Gasteiger partial charge in [0.15, 0.2) is 0 Å². The molecule has 0 spiro atoms. The summed E-state index contributed by atoms with van der Waals surface area (Å²) in [6.45, 7) is 5.72. The van der Waals surface area contributed by atoms with E-state index in [1.807, 2.05) is 0 Å². The van der Waals surface area contributed by atoms with Crippen molar-refractivity contribution in [1.82, 2.24) is 0 Å². The zero-order valence-electron chi connectivity index (χ0n) is 57.9. The largest absolute Gasteiger partial charge is 2.00 e. The first kappa shape index (κ1) is 104. The Kier molecular flexibility index (Phi) is 37.4. The Morgan fingerprint density at radius 1 is 0.188 bits per heavy atom. The SMILES string of the molecule is CC#N.CC#N.CC#N.CC#N.[F][Sb-]([F])([F])([F])([F])[F].[F][Sb-]([F])([F])([F])([F])[F].[F][Sb-]([F])([F])([F])([F])[F].[F][Sb-]([F])([F])([F])([F])[F].[Pd+2].[Pd+2].c1ccc(P(c2ccccc2)c2ccccc2-c2cc(-c3ccccc3P(c3ccccc3)c3ccccc3)c(P(c3ccccc3)c3ccccc3)cc2P(c2ccccc2)c2ccccc2)cc1. The minimum atomic E-state index is -11.2. The van der Waals surface area contributed by atoms with Crippen LogP contribution in [0.4, 0.5) is 67.5 Å². The molecule has 0 N–H and O–H groups in total. The third kappa shape index (κ3) is 47.8. The van der Waals surface area contributed by atoms with E-state index in [2.05, 4.69) is 303 Å². The first-order chi connectivity index (χ1) is 50.3. The Balaban J connectivity index is 0.00000124. The van der Waals surface area contributed by atoms with Crippen LogP contribution in [0.3, 0.4) is 0 Å². The first-order valence-electron chi connectivity index (χ1n) is 30.7. The van der Waals surface area contributed by atoms with Crippen molar-refractivity contribution < 1.29 is 108 Å². The van der Waals surface area contributed by atoms with Gasteiger partial charge in [0.25, 0.3) is 0 Å². The Labute approximate surface area is 673 Å². The zero-order valence-corrected chi connectivity index (χ0v) is 74.8. The van der Waals surface area contributed by atoms with Gasteiger partial charge in [-0.25, -0.2) is 0 Å². The summed E-state index contributed by atoms with van der Waals surface area (Å²) in [5.41, 5.74) is 5.11.